The molecule has 0 bridgehead atoms. The van der Waals surface area contributed by atoms with Crippen molar-refractivity contribution in [2.45, 2.75) is 6.61 Å². The van der Waals surface area contributed by atoms with E-state index in [1.54, 1.807) is 0 Å². The average molecular weight is 248 g/mol. The van der Waals surface area contributed by atoms with E-state index >= 15 is 0 Å². The van der Waals surface area contributed by atoms with E-state index in [9.17, 15) is 12.8 Å². The fraction of sp³-hybridized carbons (Fsp3) is 0.333. The number of halogens is 1. The number of hydrogen-bond donors (Lipinski definition) is 0. The highest BCUT2D eigenvalue weighted by Gasteiger charge is 2.18. The minimum Gasteiger partial charge on any atom is -0.454 e. The summed E-state index contributed by atoms with van der Waals surface area (Å²) in [4.78, 5) is 0. The normalized spacial score (nSPS) is 14.1. The van der Waals surface area contributed by atoms with E-state index in [0.29, 0.717) is 11.5 Å². The number of hydrogen-bond acceptors (Lipinski definition) is 5. The van der Waals surface area contributed by atoms with Crippen LogP contribution in [0.2, 0.25) is 0 Å². The lowest BCUT2D eigenvalue weighted by atomic mass is 10.2. The van der Waals surface area contributed by atoms with Gasteiger partial charge in [-0.3, -0.25) is 4.18 Å². The summed E-state index contributed by atoms with van der Waals surface area (Å²) in [5.41, 5.74) is 0.106. The molecule has 0 N–H and O–H groups in total. The Morgan fingerprint density at radius 3 is 2.62 bits per heavy atom. The molecule has 0 spiro atoms. The van der Waals surface area contributed by atoms with Gasteiger partial charge < -0.3 is 9.47 Å². The topological polar surface area (TPSA) is 61.8 Å². The summed E-state index contributed by atoms with van der Waals surface area (Å²) in [6.07, 6.45) is 0.901. The van der Waals surface area contributed by atoms with Crippen LogP contribution in [-0.2, 0) is 20.9 Å². The molecule has 0 aromatic heterocycles. The third kappa shape index (κ3) is 2.42. The van der Waals surface area contributed by atoms with Crippen LogP contribution in [0.5, 0.6) is 11.5 Å². The lowest BCUT2D eigenvalue weighted by Gasteiger charge is -2.04. The molecule has 0 unspecified atom stereocenters. The van der Waals surface area contributed by atoms with Crippen LogP contribution in [0.25, 0.3) is 0 Å². The zero-order chi connectivity index (χ0) is 11.8. The number of ether oxygens (including phenoxy) is 2. The first-order valence-electron chi connectivity index (χ1n) is 4.38. The van der Waals surface area contributed by atoms with Gasteiger partial charge in [0.25, 0.3) is 10.1 Å². The van der Waals surface area contributed by atoms with Gasteiger partial charge in [-0.2, -0.15) is 8.42 Å². The van der Waals surface area contributed by atoms with Crippen LogP contribution in [-0.4, -0.2) is 21.5 Å². The van der Waals surface area contributed by atoms with Gasteiger partial charge in [-0.25, -0.2) is 4.39 Å². The predicted octanol–water partition coefficient (Wildman–Crippen LogP) is 1.03. The highest BCUT2D eigenvalue weighted by atomic mass is 32.2. The van der Waals surface area contributed by atoms with Crippen molar-refractivity contribution in [3.05, 3.63) is 23.5 Å². The maximum atomic E-state index is 13.4. The number of fused-ring (bicyclic) bond motifs is 1. The molecule has 16 heavy (non-hydrogen) atoms. The van der Waals surface area contributed by atoms with Crippen LogP contribution in [0, 0.1) is 5.82 Å². The summed E-state index contributed by atoms with van der Waals surface area (Å²) in [5, 5.41) is 0. The predicted molar refractivity (Wildman–Crippen MR) is 52.2 cm³/mol. The zero-order valence-corrected chi connectivity index (χ0v) is 9.21. The van der Waals surface area contributed by atoms with E-state index < -0.39 is 15.9 Å². The fourth-order valence-corrected chi connectivity index (χ4v) is 1.58. The van der Waals surface area contributed by atoms with Gasteiger partial charge in [-0.05, 0) is 6.07 Å². The maximum Gasteiger partial charge on any atom is 0.264 e. The minimum absolute atomic E-state index is 0.0329. The first-order valence-corrected chi connectivity index (χ1v) is 6.20. The molecule has 0 saturated carbocycles. The van der Waals surface area contributed by atoms with Gasteiger partial charge in [-0.1, -0.05) is 0 Å². The molecule has 1 aromatic rings. The van der Waals surface area contributed by atoms with Gasteiger partial charge in [0.05, 0.1) is 12.9 Å². The molecular weight excluding hydrogens is 239 g/mol. The third-order valence-corrected chi connectivity index (χ3v) is 2.52. The molecule has 0 saturated heterocycles. The van der Waals surface area contributed by atoms with E-state index in [2.05, 4.69) is 4.18 Å². The fourth-order valence-electron chi connectivity index (χ4n) is 1.24. The minimum atomic E-state index is -3.59. The van der Waals surface area contributed by atoms with E-state index in [4.69, 9.17) is 9.47 Å². The summed E-state index contributed by atoms with van der Waals surface area (Å²) in [5.74, 6) is 0.0991. The van der Waals surface area contributed by atoms with E-state index in [1.165, 1.54) is 6.07 Å². The SMILES string of the molecule is CS(=O)(=O)OCc1cc2c(cc1F)OCO2. The van der Waals surface area contributed by atoms with Crippen molar-refractivity contribution in [3.8, 4) is 11.5 Å². The van der Waals surface area contributed by atoms with Crippen molar-refractivity contribution >= 4 is 10.1 Å². The Hall–Kier alpha value is -1.34. The standard InChI is InChI=1S/C9H9FO5S/c1-16(11,12)15-4-6-2-8-9(3-7(6)10)14-5-13-8/h2-3H,4-5H2,1H3. The van der Waals surface area contributed by atoms with E-state index in [-0.39, 0.29) is 19.0 Å². The second-order valence-corrected chi connectivity index (χ2v) is 4.91. The largest absolute Gasteiger partial charge is 0.454 e. The molecule has 1 heterocycles. The second kappa shape index (κ2) is 3.91. The van der Waals surface area contributed by atoms with E-state index in [0.717, 1.165) is 12.3 Å². The number of benzene rings is 1. The molecule has 7 heteroatoms. The molecule has 1 aliphatic heterocycles. The van der Waals surface area contributed by atoms with Gasteiger partial charge in [-0.15, -0.1) is 0 Å². The maximum absolute atomic E-state index is 13.4. The van der Waals surface area contributed by atoms with Crippen LogP contribution >= 0.6 is 0 Å². The van der Waals surface area contributed by atoms with Gasteiger partial charge in [0.2, 0.25) is 6.79 Å². The summed E-state index contributed by atoms with van der Waals surface area (Å²) in [6.45, 7) is -0.327. The Morgan fingerprint density at radius 1 is 1.38 bits per heavy atom. The van der Waals surface area contributed by atoms with Crippen molar-refractivity contribution in [2.24, 2.45) is 0 Å². The van der Waals surface area contributed by atoms with Crippen LogP contribution in [0.3, 0.4) is 0 Å². The first kappa shape index (κ1) is 11.2. The summed E-state index contributed by atoms with van der Waals surface area (Å²) in [6, 6.07) is 2.51. The summed E-state index contributed by atoms with van der Waals surface area (Å²) < 4.78 is 49.4. The highest BCUT2D eigenvalue weighted by Crippen LogP contribution is 2.34. The van der Waals surface area contributed by atoms with Gasteiger partial charge in [0, 0.05) is 11.6 Å². The Morgan fingerprint density at radius 2 is 2.00 bits per heavy atom. The van der Waals surface area contributed by atoms with Crippen molar-refractivity contribution in [3.63, 3.8) is 0 Å². The van der Waals surface area contributed by atoms with Crippen molar-refractivity contribution < 1.29 is 26.5 Å². The molecule has 1 aromatic carbocycles. The van der Waals surface area contributed by atoms with Gasteiger partial charge >= 0.3 is 0 Å². The lowest BCUT2D eigenvalue weighted by molar-refractivity contribution is 0.173. The van der Waals surface area contributed by atoms with Gasteiger partial charge in [0.1, 0.15) is 5.82 Å². The Balaban J connectivity index is 2.22. The molecule has 1 aliphatic rings. The lowest BCUT2D eigenvalue weighted by Crippen LogP contribution is -2.04. The first-order chi connectivity index (χ1) is 7.46. The van der Waals surface area contributed by atoms with Crippen LogP contribution in [0.15, 0.2) is 12.1 Å². The van der Waals surface area contributed by atoms with Crippen molar-refractivity contribution in [1.82, 2.24) is 0 Å². The molecule has 0 radical (unpaired) electrons. The zero-order valence-electron chi connectivity index (χ0n) is 8.40. The molecule has 0 aliphatic carbocycles. The van der Waals surface area contributed by atoms with Crippen LogP contribution in [0.1, 0.15) is 5.56 Å². The highest BCUT2D eigenvalue weighted by molar-refractivity contribution is 7.85. The summed E-state index contributed by atoms with van der Waals surface area (Å²) in [7, 11) is -3.59. The monoisotopic (exact) mass is 248 g/mol. The Kier molecular flexibility index (Phi) is 2.73. The number of rotatable bonds is 3. The molecule has 0 amide bonds. The third-order valence-electron chi connectivity index (χ3n) is 1.97. The summed E-state index contributed by atoms with van der Waals surface area (Å²) >= 11 is 0. The average Bonchev–Trinajstić information content (AvgIpc) is 2.59. The van der Waals surface area contributed by atoms with Crippen LogP contribution in [0.4, 0.5) is 4.39 Å². The second-order valence-electron chi connectivity index (χ2n) is 3.26. The smallest absolute Gasteiger partial charge is 0.264 e. The molecule has 0 fully saturated rings. The van der Waals surface area contributed by atoms with Crippen molar-refractivity contribution in [1.29, 1.82) is 0 Å². The quantitative estimate of drug-likeness (QED) is 0.748. The van der Waals surface area contributed by atoms with E-state index in [1.807, 2.05) is 0 Å². The molecule has 0 atom stereocenters. The molecule has 88 valence electrons. The van der Waals surface area contributed by atoms with Crippen LogP contribution < -0.4 is 9.47 Å². The Bertz CT molecular complexity index is 511. The van der Waals surface area contributed by atoms with Gasteiger partial charge in [0.15, 0.2) is 11.5 Å². The molecular formula is C9H9FO5S. The molecule has 5 nitrogen and oxygen atoms in total. The van der Waals surface area contributed by atoms with Crippen molar-refractivity contribution in [2.75, 3.05) is 13.0 Å². The molecule has 2 rings (SSSR count). The Labute approximate surface area is 91.9 Å².